The van der Waals surface area contributed by atoms with Gasteiger partial charge in [0.2, 0.25) is 11.8 Å². The third kappa shape index (κ3) is 4.94. The molecular formula is C13H17N5O4. The van der Waals surface area contributed by atoms with E-state index in [1.165, 1.54) is 32.2 Å². The van der Waals surface area contributed by atoms with Crippen LogP contribution >= 0.6 is 0 Å². The van der Waals surface area contributed by atoms with Crippen molar-refractivity contribution in [1.29, 1.82) is 0 Å². The molecule has 0 unspecified atom stereocenters. The highest BCUT2D eigenvalue weighted by atomic mass is 16.2. The summed E-state index contributed by atoms with van der Waals surface area (Å²) in [5.74, 6) is 4.30. The monoisotopic (exact) mass is 307 g/mol. The zero-order valence-electron chi connectivity index (χ0n) is 12.3. The Hall–Kier alpha value is -2.81. The lowest BCUT2D eigenvalue weighted by Gasteiger charge is -2.14. The number of nitrogens with two attached hydrogens (primary N) is 1. The normalized spacial score (nSPS) is 13.3. The molecule has 3 amide bonds. The first kappa shape index (κ1) is 17.2. The van der Waals surface area contributed by atoms with Crippen LogP contribution in [-0.4, -0.2) is 33.5 Å². The van der Waals surface area contributed by atoms with Crippen molar-refractivity contribution in [3.05, 3.63) is 23.9 Å². The molecule has 22 heavy (non-hydrogen) atoms. The fourth-order valence-corrected chi connectivity index (χ4v) is 1.48. The maximum Gasteiger partial charge on any atom is 0.271 e. The number of amides is 3. The topological polar surface area (TPSA) is 134 Å². The lowest BCUT2D eigenvalue weighted by atomic mass is 10.3. The van der Waals surface area contributed by atoms with Crippen molar-refractivity contribution < 1.29 is 19.2 Å². The van der Waals surface area contributed by atoms with Gasteiger partial charge in [-0.2, -0.15) is 5.01 Å². The van der Waals surface area contributed by atoms with E-state index in [4.69, 9.17) is 5.84 Å². The van der Waals surface area contributed by atoms with Crippen LogP contribution in [0.25, 0.3) is 0 Å². The van der Waals surface area contributed by atoms with E-state index in [1.807, 2.05) is 0 Å². The van der Waals surface area contributed by atoms with Gasteiger partial charge in [0.25, 0.3) is 5.91 Å². The lowest BCUT2D eigenvalue weighted by Crippen LogP contribution is -2.45. The fraction of sp³-hybridized carbons (Fsp3) is 0.308. The van der Waals surface area contributed by atoms with Crippen LogP contribution in [0.15, 0.2) is 18.3 Å². The summed E-state index contributed by atoms with van der Waals surface area (Å²) in [5.41, 5.74) is 4.78. The number of Topliss-reactive ketones (excluding diaryl/α,β-unsaturated/α-hetero) is 1. The number of imide groups is 1. The average molecular weight is 307 g/mol. The minimum absolute atomic E-state index is 0.118. The molecule has 1 saturated heterocycles. The second kappa shape index (κ2) is 7.84. The number of carbonyl (C=O) groups excluding carboxylic acids is 4. The summed E-state index contributed by atoms with van der Waals surface area (Å²) in [5, 5.41) is 0.734. The van der Waals surface area contributed by atoms with Gasteiger partial charge in [-0.3, -0.25) is 19.8 Å². The molecule has 1 fully saturated rings. The van der Waals surface area contributed by atoms with Crippen LogP contribution in [-0.2, 0) is 14.4 Å². The van der Waals surface area contributed by atoms with E-state index in [1.54, 1.807) is 0 Å². The van der Waals surface area contributed by atoms with E-state index in [2.05, 4.69) is 15.8 Å². The quantitative estimate of drug-likeness (QED) is 0.398. The Bertz CT molecular complexity index is 565. The molecular weight excluding hydrogens is 290 g/mol. The number of aromatic nitrogens is 1. The van der Waals surface area contributed by atoms with Gasteiger partial charge in [-0.25, -0.2) is 10.8 Å². The van der Waals surface area contributed by atoms with Crippen LogP contribution in [0, 0.1) is 0 Å². The van der Waals surface area contributed by atoms with Crippen molar-refractivity contribution in [2.24, 2.45) is 5.84 Å². The van der Waals surface area contributed by atoms with Crippen LogP contribution in [0.5, 0.6) is 0 Å². The van der Waals surface area contributed by atoms with Crippen molar-refractivity contribution >= 4 is 29.3 Å². The summed E-state index contributed by atoms with van der Waals surface area (Å²) < 4.78 is 0. The van der Waals surface area contributed by atoms with Crippen molar-refractivity contribution in [1.82, 2.24) is 15.4 Å². The molecule has 118 valence electrons. The zero-order valence-corrected chi connectivity index (χ0v) is 12.3. The maximum atomic E-state index is 11.7. The van der Waals surface area contributed by atoms with E-state index in [0.29, 0.717) is 5.82 Å². The van der Waals surface area contributed by atoms with Crippen LogP contribution in [0.1, 0.15) is 37.0 Å². The third-order valence-corrected chi connectivity index (χ3v) is 2.44. The summed E-state index contributed by atoms with van der Waals surface area (Å²) in [6, 6.07) is 2.98. The van der Waals surface area contributed by atoms with Gasteiger partial charge >= 0.3 is 0 Å². The Labute approximate surface area is 126 Å². The Morgan fingerprint density at radius 2 is 1.73 bits per heavy atom. The minimum atomic E-state index is -0.574. The number of nitrogen functional groups attached to an aromatic ring is 1. The molecule has 4 N–H and O–H groups in total. The van der Waals surface area contributed by atoms with Crippen molar-refractivity contribution in [3.8, 4) is 0 Å². The number of pyridine rings is 1. The molecule has 1 aliphatic heterocycles. The fourth-order valence-electron chi connectivity index (χ4n) is 1.48. The molecule has 2 rings (SSSR count). The molecule has 0 aromatic carbocycles. The molecule has 0 bridgehead atoms. The maximum absolute atomic E-state index is 11.7. The first-order valence-electron chi connectivity index (χ1n) is 6.41. The van der Waals surface area contributed by atoms with Gasteiger partial charge in [-0.05, 0) is 26.0 Å². The number of anilines is 1. The number of hydrogen-bond acceptors (Lipinski definition) is 7. The molecule has 2 heterocycles. The summed E-state index contributed by atoms with van der Waals surface area (Å²) in [6.45, 7) is 3.06. The van der Waals surface area contributed by atoms with E-state index in [9.17, 15) is 19.2 Å². The van der Waals surface area contributed by atoms with Gasteiger partial charge in [0.05, 0.1) is 5.56 Å². The van der Waals surface area contributed by atoms with Gasteiger partial charge in [0.1, 0.15) is 11.6 Å². The van der Waals surface area contributed by atoms with Gasteiger partial charge in [0.15, 0.2) is 0 Å². The highest BCUT2D eigenvalue weighted by molar-refractivity contribution is 6.05. The van der Waals surface area contributed by atoms with E-state index in [0.717, 1.165) is 5.01 Å². The largest absolute Gasteiger partial charge is 0.308 e. The lowest BCUT2D eigenvalue weighted by molar-refractivity contribution is -0.141. The Kier molecular flexibility index (Phi) is 6.14. The highest BCUT2D eigenvalue weighted by Crippen LogP contribution is 2.10. The van der Waals surface area contributed by atoms with Crippen LogP contribution in [0.4, 0.5) is 5.82 Å². The summed E-state index contributed by atoms with van der Waals surface area (Å²) in [4.78, 5) is 47.6. The SMILES string of the molecule is CC(C)=O.NNc1ccc(C(=O)NN2C(=O)CCC2=O)cn1. The third-order valence-electron chi connectivity index (χ3n) is 2.44. The predicted octanol–water partition coefficient (Wildman–Crippen LogP) is -0.244. The number of hydrazine groups is 2. The van der Waals surface area contributed by atoms with Crippen LogP contribution in [0.2, 0.25) is 0 Å². The van der Waals surface area contributed by atoms with E-state index in [-0.39, 0.29) is 24.2 Å². The number of ketones is 1. The molecule has 9 nitrogen and oxygen atoms in total. The highest BCUT2D eigenvalue weighted by Gasteiger charge is 2.30. The average Bonchev–Trinajstić information content (AvgIpc) is 2.78. The molecule has 0 radical (unpaired) electrons. The van der Waals surface area contributed by atoms with E-state index >= 15 is 0 Å². The minimum Gasteiger partial charge on any atom is -0.308 e. The number of carbonyl (C=O) groups is 4. The summed E-state index contributed by atoms with van der Waals surface area (Å²) >= 11 is 0. The molecule has 1 aromatic rings. The summed E-state index contributed by atoms with van der Waals surface area (Å²) in [6.07, 6.45) is 1.52. The zero-order chi connectivity index (χ0) is 16.7. The first-order valence-corrected chi connectivity index (χ1v) is 6.41. The van der Waals surface area contributed by atoms with Gasteiger partial charge in [0, 0.05) is 19.0 Å². The standard InChI is InChI=1S/C10H11N5O3.C3H6O/c11-13-7-2-1-6(5-12-7)10(18)14-15-8(16)3-4-9(15)17;1-3(2)4/h1-2,5H,3-4,11H2,(H,12,13)(H,14,18);1-2H3. The van der Waals surface area contributed by atoms with Crippen molar-refractivity contribution in [3.63, 3.8) is 0 Å². The molecule has 0 atom stereocenters. The van der Waals surface area contributed by atoms with Crippen molar-refractivity contribution in [2.75, 3.05) is 5.43 Å². The second-order valence-corrected chi connectivity index (χ2v) is 4.55. The molecule has 1 aliphatic rings. The molecule has 0 saturated carbocycles. The van der Waals surface area contributed by atoms with Crippen molar-refractivity contribution in [2.45, 2.75) is 26.7 Å². The predicted molar refractivity (Wildman–Crippen MR) is 77.0 cm³/mol. The van der Waals surface area contributed by atoms with Gasteiger partial charge in [-0.15, -0.1) is 0 Å². The second-order valence-electron chi connectivity index (χ2n) is 4.55. The summed E-state index contributed by atoms with van der Waals surface area (Å²) in [7, 11) is 0. The molecule has 0 aliphatic carbocycles. The Balaban J connectivity index is 0.000000541. The molecule has 9 heteroatoms. The van der Waals surface area contributed by atoms with Gasteiger partial charge in [-0.1, -0.05) is 0 Å². The smallest absolute Gasteiger partial charge is 0.271 e. The molecule has 0 spiro atoms. The number of hydrogen-bond donors (Lipinski definition) is 3. The van der Waals surface area contributed by atoms with Crippen LogP contribution < -0.4 is 16.7 Å². The van der Waals surface area contributed by atoms with Gasteiger partial charge < -0.3 is 10.2 Å². The Morgan fingerprint density at radius 1 is 1.18 bits per heavy atom. The number of rotatable bonds is 3. The number of nitrogens with zero attached hydrogens (tertiary/aromatic N) is 2. The first-order chi connectivity index (χ1) is 10.3. The van der Waals surface area contributed by atoms with E-state index < -0.39 is 17.7 Å². The Morgan fingerprint density at radius 3 is 2.14 bits per heavy atom. The number of nitrogens with one attached hydrogen (secondary N) is 2. The van der Waals surface area contributed by atoms with Crippen LogP contribution in [0.3, 0.4) is 0 Å². The molecule has 1 aromatic heterocycles.